The number of fused-ring (bicyclic) bond motifs is 1. The van der Waals surface area contributed by atoms with E-state index in [1.165, 1.54) is 26.0 Å². The highest BCUT2D eigenvalue weighted by atomic mass is 16.3. The number of nitrogens with two attached hydrogens (primary N) is 4. The number of aromatic nitrogens is 1. The van der Waals surface area contributed by atoms with Crippen LogP contribution >= 0.6 is 0 Å². The molecule has 3 aromatic rings. The van der Waals surface area contributed by atoms with Crippen molar-refractivity contribution in [3.05, 3.63) is 78.0 Å². The van der Waals surface area contributed by atoms with Crippen LogP contribution in [0, 0.1) is 17.8 Å². The lowest BCUT2D eigenvalue weighted by molar-refractivity contribution is -0.142. The smallest absolute Gasteiger partial charge is 0.246 e. The second kappa shape index (κ2) is 33.2. The molecule has 2 fully saturated rings. The van der Waals surface area contributed by atoms with Crippen LogP contribution in [0.1, 0.15) is 109 Å². The largest absolute Gasteiger partial charge is 0.508 e. The molecule has 1 aliphatic heterocycles. The Labute approximate surface area is 499 Å². The number of primary amides is 2. The third-order valence-corrected chi connectivity index (χ3v) is 15.1. The first kappa shape index (κ1) is 68.2. The van der Waals surface area contributed by atoms with Gasteiger partial charge < -0.3 is 85.4 Å². The molecule has 0 bridgehead atoms. The van der Waals surface area contributed by atoms with Gasteiger partial charge in [0.25, 0.3) is 0 Å². The number of phenolic OH excluding ortho intramolecular Hbond substituents is 1. The molecule has 2 heterocycles. The quantitative estimate of drug-likeness (QED) is 0.0149. The Hall–Kier alpha value is -8.59. The zero-order valence-electron chi connectivity index (χ0n) is 49.2. The van der Waals surface area contributed by atoms with Crippen molar-refractivity contribution in [2.24, 2.45) is 45.7 Å². The summed E-state index contributed by atoms with van der Waals surface area (Å²) in [4.78, 5) is 144. The van der Waals surface area contributed by atoms with Crippen molar-refractivity contribution in [1.82, 2.24) is 47.1 Å². The molecule has 10 atom stereocenters. The van der Waals surface area contributed by atoms with E-state index in [2.05, 4.69) is 47.2 Å². The summed E-state index contributed by atoms with van der Waals surface area (Å²) in [7, 11) is 0. The van der Waals surface area contributed by atoms with Gasteiger partial charge in [-0.05, 0) is 73.8 Å². The topological polar surface area (TPSA) is 451 Å². The van der Waals surface area contributed by atoms with Gasteiger partial charge in [-0.1, -0.05) is 88.4 Å². The van der Waals surface area contributed by atoms with Gasteiger partial charge in [-0.3, -0.25) is 52.9 Å². The minimum Gasteiger partial charge on any atom is -0.508 e. The number of β-amino-alcohol motifs (C(OH)–C–C–N with tert-alkyl or cyclic N) is 1. The molecule has 5 rings (SSSR count). The normalized spacial score (nSPS) is 18.1. The highest BCUT2D eigenvalue weighted by Gasteiger charge is 2.43. The van der Waals surface area contributed by atoms with Crippen LogP contribution in [0.15, 0.2) is 71.9 Å². The molecular weight excluding hydrogens is 1110 g/mol. The summed E-state index contributed by atoms with van der Waals surface area (Å²) >= 11 is 0. The predicted octanol–water partition coefficient (Wildman–Crippen LogP) is -1.35. The summed E-state index contributed by atoms with van der Waals surface area (Å²) in [6.07, 6.45) is 6.20. The van der Waals surface area contributed by atoms with Gasteiger partial charge >= 0.3 is 0 Å². The first-order chi connectivity index (χ1) is 40.8. The third-order valence-electron chi connectivity index (χ3n) is 15.1. The van der Waals surface area contributed by atoms with E-state index in [0.717, 1.165) is 53.5 Å². The number of hydrogen-bond acceptors (Lipinski definition) is 14. The zero-order valence-corrected chi connectivity index (χ0v) is 49.2. The van der Waals surface area contributed by atoms with Gasteiger partial charge in [0.05, 0.1) is 24.5 Å². The number of hydrogen-bond donors (Lipinski definition) is 15. The van der Waals surface area contributed by atoms with E-state index in [1.54, 1.807) is 30.5 Å². The van der Waals surface area contributed by atoms with Crippen LogP contribution in [-0.2, 0) is 60.8 Å². The maximum Gasteiger partial charge on any atom is 0.246 e. The average Bonchev–Trinajstić information content (AvgIpc) is 2.61. The number of H-pyrrole nitrogens is 1. The van der Waals surface area contributed by atoms with Crippen LogP contribution in [-0.4, -0.2) is 164 Å². The fraction of sp³-hybridized carbons (Fsp3) is 0.542. The highest BCUT2D eigenvalue weighted by molar-refractivity contribution is 5.99. The van der Waals surface area contributed by atoms with Crippen molar-refractivity contribution >= 4 is 75.9 Å². The molecular formula is C59H86N14O13. The summed E-state index contributed by atoms with van der Waals surface area (Å²) in [5, 5.41) is 50.6. The number of carbonyl (C=O) groups is 10. The molecule has 470 valence electrons. The van der Waals surface area contributed by atoms with Gasteiger partial charge in [0.1, 0.15) is 48.0 Å². The van der Waals surface area contributed by atoms with Crippen LogP contribution in [0.5, 0.6) is 5.75 Å². The predicted molar refractivity (Wildman–Crippen MR) is 318 cm³/mol. The number of aromatic amines is 1. The first-order valence-electron chi connectivity index (χ1n) is 29.2. The van der Waals surface area contributed by atoms with Gasteiger partial charge in [0.15, 0.2) is 5.96 Å². The van der Waals surface area contributed by atoms with Crippen LogP contribution in [0.3, 0.4) is 0 Å². The summed E-state index contributed by atoms with van der Waals surface area (Å²) in [5.74, 6) is -9.05. The lowest BCUT2D eigenvalue weighted by atomic mass is 9.84. The fourth-order valence-electron chi connectivity index (χ4n) is 10.8. The average molecular weight is 1200 g/mol. The van der Waals surface area contributed by atoms with Crippen molar-refractivity contribution in [2.45, 2.75) is 166 Å². The maximum absolute atomic E-state index is 14.2. The number of aromatic hydroxyl groups is 1. The monoisotopic (exact) mass is 1200 g/mol. The van der Waals surface area contributed by atoms with E-state index in [0.29, 0.717) is 12.0 Å². The third kappa shape index (κ3) is 21.5. The number of phenols is 1. The van der Waals surface area contributed by atoms with E-state index in [9.17, 15) is 63.3 Å². The Kier molecular flexibility index (Phi) is 26.3. The SMILES string of the molecule is CC(=O)N[C@H](Cc1ccc(O)cc1)C(=O)N1C[C@H](O)C[C@H]1C(=O)N[C@@H](CC(N)=O)C(=O)N[C@H](C(=O)N[C@@H](CC1CCCCC1)C(=O)NC/C=C/[C@@H](CC(C)C)C(=O)N[C@@H](CCCN=C(N)N)C(=O)N[C@@H](Cc1c[nH]c2ccccc12)C(N)=O)[C@@H](C)O. The van der Waals surface area contributed by atoms with E-state index >= 15 is 0 Å². The van der Waals surface area contributed by atoms with Crippen molar-refractivity contribution in [1.29, 1.82) is 0 Å². The van der Waals surface area contributed by atoms with Crippen molar-refractivity contribution in [3.8, 4) is 5.75 Å². The highest BCUT2D eigenvalue weighted by Crippen LogP contribution is 2.28. The van der Waals surface area contributed by atoms with Gasteiger partial charge in [-0.25, -0.2) is 0 Å². The Bertz CT molecular complexity index is 2900. The molecule has 19 N–H and O–H groups in total. The summed E-state index contributed by atoms with van der Waals surface area (Å²) in [6.45, 7) is 5.91. The summed E-state index contributed by atoms with van der Waals surface area (Å²) in [6, 6.07) is 3.70. The molecule has 2 aromatic carbocycles. The lowest BCUT2D eigenvalue weighted by Gasteiger charge is -2.30. The first-order valence-corrected chi connectivity index (χ1v) is 29.2. The van der Waals surface area contributed by atoms with E-state index < -0.39 is 126 Å². The number of aliphatic imine (C=N–C) groups is 1. The number of aliphatic hydroxyl groups is 2. The lowest BCUT2D eigenvalue weighted by Crippen LogP contribution is -2.61. The molecule has 2 aliphatic rings. The minimum absolute atomic E-state index is 0.0162. The number of likely N-dealkylation sites (tertiary alicyclic amines) is 1. The zero-order chi connectivity index (χ0) is 63.2. The number of rotatable bonds is 32. The molecule has 86 heavy (non-hydrogen) atoms. The number of aliphatic hydroxyl groups excluding tert-OH is 2. The molecule has 27 heteroatoms. The second-order valence-electron chi connectivity index (χ2n) is 22.7. The standard InChI is InChI=1S/C59H86N14O13/c1-32(2)24-37(52(80)68-43(17-11-23-65-59(62)63)54(82)69-44(51(61)79)27-38-30-66-42-16-9-8-15-41(38)42)14-10-22-64-53(81)45(25-35-12-6-5-7-13-35)71-57(85)50(33(3)74)72-55(83)46(29-49(60)78)70-56(84)48-28-40(77)31-73(48)58(86)47(67-34(4)75)26-36-18-20-39(76)21-19-36/h8-10,14-16,18-21,30,32-33,35,37,40,43-48,50,66,74,76-77H,5-7,11-13,17,22-29,31H2,1-4H3,(H2,60,78)(H2,61,79)(H,64,81)(H,67,75)(H,68,80)(H,69,82)(H,70,84)(H,71,85)(H,72,83)(H4,62,63,65)/b14-10+/t33-,37+,40-,43+,44+,45+,46+,47-,48+,50+/m1/s1. The number of carbonyl (C=O) groups excluding carboxylic acids is 10. The maximum atomic E-state index is 14.2. The molecule has 1 aromatic heterocycles. The molecule has 1 aliphatic carbocycles. The molecule has 0 unspecified atom stereocenters. The van der Waals surface area contributed by atoms with Gasteiger partial charge in [-0.15, -0.1) is 0 Å². The molecule has 27 nitrogen and oxygen atoms in total. The van der Waals surface area contributed by atoms with E-state index in [-0.39, 0.29) is 81.7 Å². The molecule has 10 amide bonds. The number of amides is 10. The Balaban J connectivity index is 1.27. The van der Waals surface area contributed by atoms with E-state index in [4.69, 9.17) is 22.9 Å². The number of para-hydroxylation sites is 1. The van der Waals surface area contributed by atoms with Gasteiger partial charge in [0.2, 0.25) is 59.1 Å². The van der Waals surface area contributed by atoms with Crippen LogP contribution in [0.2, 0.25) is 0 Å². The Morgan fingerprint density at radius 2 is 1.42 bits per heavy atom. The molecule has 1 saturated heterocycles. The number of benzene rings is 2. The second-order valence-corrected chi connectivity index (χ2v) is 22.7. The molecule has 0 spiro atoms. The van der Waals surface area contributed by atoms with Crippen LogP contribution < -0.4 is 60.2 Å². The fourth-order valence-corrected chi connectivity index (χ4v) is 10.8. The minimum atomic E-state index is -1.77. The van der Waals surface area contributed by atoms with Gasteiger partial charge in [-0.2, -0.15) is 0 Å². The summed E-state index contributed by atoms with van der Waals surface area (Å²) < 4.78 is 0. The van der Waals surface area contributed by atoms with Crippen LogP contribution in [0.4, 0.5) is 0 Å². The van der Waals surface area contributed by atoms with Crippen molar-refractivity contribution in [2.75, 3.05) is 19.6 Å². The Morgan fingerprint density at radius 1 is 0.756 bits per heavy atom. The number of nitrogens with zero attached hydrogens (tertiary/aromatic N) is 2. The molecule has 1 saturated carbocycles. The number of guanidine groups is 1. The Morgan fingerprint density at radius 3 is 2.06 bits per heavy atom. The van der Waals surface area contributed by atoms with Gasteiger partial charge in [0, 0.05) is 62.9 Å². The molecule has 0 radical (unpaired) electrons. The van der Waals surface area contributed by atoms with E-state index in [1.807, 2.05) is 38.1 Å². The van der Waals surface area contributed by atoms with Crippen molar-refractivity contribution in [3.63, 3.8) is 0 Å². The van der Waals surface area contributed by atoms with Crippen molar-refractivity contribution < 1.29 is 63.3 Å². The number of nitrogens with one attached hydrogen (secondary N) is 8. The van der Waals surface area contributed by atoms with Crippen LogP contribution in [0.25, 0.3) is 10.9 Å². The summed E-state index contributed by atoms with van der Waals surface area (Å²) in [5.41, 5.74) is 24.5.